The van der Waals surface area contributed by atoms with E-state index in [1.54, 1.807) is 6.26 Å². The first-order chi connectivity index (χ1) is 7.33. The molecule has 1 saturated carbocycles. The molecule has 1 amide bonds. The second kappa shape index (κ2) is 4.49. The Balaban J connectivity index is 1.76. The minimum absolute atomic E-state index is 0.0647. The molecule has 82 valence electrons. The van der Waals surface area contributed by atoms with Gasteiger partial charge in [-0.15, -0.1) is 0 Å². The summed E-state index contributed by atoms with van der Waals surface area (Å²) in [4.78, 5) is 11.6. The van der Waals surface area contributed by atoms with Crippen molar-refractivity contribution in [1.82, 2.24) is 5.32 Å². The van der Waals surface area contributed by atoms with Crippen LogP contribution in [-0.4, -0.2) is 24.2 Å². The van der Waals surface area contributed by atoms with Gasteiger partial charge in [-0.1, -0.05) is 0 Å². The molecular weight excluding hydrogens is 194 g/mol. The second-order valence-corrected chi connectivity index (χ2v) is 3.83. The van der Waals surface area contributed by atoms with Gasteiger partial charge in [0.2, 0.25) is 5.91 Å². The van der Waals surface area contributed by atoms with E-state index in [2.05, 4.69) is 5.32 Å². The van der Waals surface area contributed by atoms with Gasteiger partial charge in [-0.2, -0.15) is 0 Å². The standard InChI is InChI=1S/C11H15NO3/c13-5-2-4-12-11(14)9-7-8(9)10-3-1-6-15-10/h1,3,6,8-9,13H,2,4-5,7H2,(H,12,14). The summed E-state index contributed by atoms with van der Waals surface area (Å²) in [5.74, 6) is 1.30. The van der Waals surface area contributed by atoms with Crippen molar-refractivity contribution in [3.8, 4) is 0 Å². The molecule has 0 aromatic carbocycles. The lowest BCUT2D eigenvalue weighted by molar-refractivity contribution is -0.122. The van der Waals surface area contributed by atoms with Crippen molar-refractivity contribution in [2.45, 2.75) is 18.8 Å². The molecule has 2 atom stereocenters. The van der Waals surface area contributed by atoms with Crippen LogP contribution in [0.15, 0.2) is 22.8 Å². The van der Waals surface area contributed by atoms with Crippen LogP contribution in [0.1, 0.15) is 24.5 Å². The third kappa shape index (κ3) is 2.39. The number of nitrogens with one attached hydrogen (secondary N) is 1. The van der Waals surface area contributed by atoms with E-state index in [0.29, 0.717) is 13.0 Å². The highest BCUT2D eigenvalue weighted by molar-refractivity contribution is 5.82. The number of amides is 1. The van der Waals surface area contributed by atoms with E-state index in [9.17, 15) is 4.79 Å². The number of aliphatic hydroxyl groups is 1. The fraction of sp³-hybridized carbons (Fsp3) is 0.545. The summed E-state index contributed by atoms with van der Waals surface area (Å²) in [5, 5.41) is 11.4. The number of hydrogen-bond donors (Lipinski definition) is 2. The van der Waals surface area contributed by atoms with Crippen molar-refractivity contribution < 1.29 is 14.3 Å². The smallest absolute Gasteiger partial charge is 0.223 e. The fourth-order valence-electron chi connectivity index (χ4n) is 1.72. The second-order valence-electron chi connectivity index (χ2n) is 3.83. The van der Waals surface area contributed by atoms with Crippen molar-refractivity contribution >= 4 is 5.91 Å². The summed E-state index contributed by atoms with van der Waals surface area (Å²) in [5.41, 5.74) is 0. The molecule has 1 aromatic rings. The lowest BCUT2D eigenvalue weighted by atomic mass is 10.2. The molecule has 1 heterocycles. The fourth-order valence-corrected chi connectivity index (χ4v) is 1.72. The first kappa shape index (κ1) is 10.2. The molecule has 0 bridgehead atoms. The number of carbonyl (C=O) groups excluding carboxylic acids is 1. The third-order valence-corrected chi connectivity index (χ3v) is 2.67. The highest BCUT2D eigenvalue weighted by atomic mass is 16.3. The van der Waals surface area contributed by atoms with Crippen molar-refractivity contribution in [2.24, 2.45) is 5.92 Å². The van der Waals surface area contributed by atoms with Gasteiger partial charge in [-0.3, -0.25) is 4.79 Å². The number of furan rings is 1. The maximum Gasteiger partial charge on any atom is 0.223 e. The normalized spacial score (nSPS) is 23.8. The quantitative estimate of drug-likeness (QED) is 0.708. The highest BCUT2D eigenvalue weighted by Gasteiger charge is 2.45. The van der Waals surface area contributed by atoms with Gasteiger partial charge < -0.3 is 14.8 Å². The van der Waals surface area contributed by atoms with Gasteiger partial charge >= 0.3 is 0 Å². The average Bonchev–Trinajstić information content (AvgIpc) is 2.86. The van der Waals surface area contributed by atoms with E-state index >= 15 is 0 Å². The van der Waals surface area contributed by atoms with Gasteiger partial charge in [0.25, 0.3) is 0 Å². The molecule has 4 nitrogen and oxygen atoms in total. The minimum atomic E-state index is 0.0647. The molecule has 2 unspecified atom stereocenters. The summed E-state index contributed by atoms with van der Waals surface area (Å²) >= 11 is 0. The van der Waals surface area contributed by atoms with Crippen LogP contribution in [0, 0.1) is 5.92 Å². The van der Waals surface area contributed by atoms with Crippen LogP contribution < -0.4 is 5.32 Å². The molecular formula is C11H15NO3. The van der Waals surface area contributed by atoms with Gasteiger partial charge in [0, 0.05) is 25.0 Å². The Morgan fingerprint density at radius 1 is 1.67 bits per heavy atom. The molecule has 4 heteroatoms. The predicted octanol–water partition coefficient (Wildman–Crippen LogP) is 0.882. The zero-order chi connectivity index (χ0) is 10.7. The van der Waals surface area contributed by atoms with Gasteiger partial charge in [0.05, 0.1) is 6.26 Å². The average molecular weight is 209 g/mol. The van der Waals surface area contributed by atoms with E-state index < -0.39 is 0 Å². The lowest BCUT2D eigenvalue weighted by Crippen LogP contribution is -2.26. The van der Waals surface area contributed by atoms with Gasteiger partial charge in [-0.05, 0) is 25.0 Å². The lowest BCUT2D eigenvalue weighted by Gasteiger charge is -2.02. The molecule has 0 radical (unpaired) electrons. The number of aliphatic hydroxyl groups excluding tert-OH is 1. The van der Waals surface area contributed by atoms with Crippen molar-refractivity contribution in [2.75, 3.05) is 13.2 Å². The molecule has 1 aliphatic carbocycles. The Morgan fingerprint density at radius 2 is 2.53 bits per heavy atom. The van der Waals surface area contributed by atoms with Crippen LogP contribution in [0.5, 0.6) is 0 Å². The molecule has 0 saturated heterocycles. The molecule has 2 rings (SSSR count). The van der Waals surface area contributed by atoms with E-state index in [1.165, 1.54) is 0 Å². The monoisotopic (exact) mass is 209 g/mol. The predicted molar refractivity (Wildman–Crippen MR) is 54.3 cm³/mol. The van der Waals surface area contributed by atoms with Crippen LogP contribution in [-0.2, 0) is 4.79 Å². The summed E-state index contributed by atoms with van der Waals surface area (Å²) in [6.45, 7) is 0.670. The first-order valence-electron chi connectivity index (χ1n) is 5.25. The van der Waals surface area contributed by atoms with E-state index in [0.717, 1.165) is 12.2 Å². The zero-order valence-corrected chi connectivity index (χ0v) is 8.48. The van der Waals surface area contributed by atoms with E-state index in [1.807, 2.05) is 12.1 Å². The van der Waals surface area contributed by atoms with Crippen LogP contribution in [0.4, 0.5) is 0 Å². The third-order valence-electron chi connectivity index (χ3n) is 2.67. The van der Waals surface area contributed by atoms with Crippen LogP contribution in [0.3, 0.4) is 0 Å². The van der Waals surface area contributed by atoms with Crippen molar-refractivity contribution in [1.29, 1.82) is 0 Å². The van der Waals surface area contributed by atoms with Gasteiger partial charge in [0.1, 0.15) is 5.76 Å². The number of carbonyl (C=O) groups is 1. The highest BCUT2D eigenvalue weighted by Crippen LogP contribution is 2.47. The Kier molecular flexibility index (Phi) is 3.06. The Morgan fingerprint density at radius 3 is 3.20 bits per heavy atom. The summed E-state index contributed by atoms with van der Waals surface area (Å²) < 4.78 is 5.24. The number of hydrogen-bond acceptors (Lipinski definition) is 3. The largest absolute Gasteiger partial charge is 0.469 e. The van der Waals surface area contributed by atoms with Crippen molar-refractivity contribution in [3.63, 3.8) is 0 Å². The Labute approximate surface area is 88.3 Å². The number of rotatable bonds is 5. The Bertz CT molecular complexity index is 321. The summed E-state index contributed by atoms with van der Waals surface area (Å²) in [6, 6.07) is 3.75. The van der Waals surface area contributed by atoms with E-state index in [4.69, 9.17) is 9.52 Å². The van der Waals surface area contributed by atoms with Crippen LogP contribution in [0.25, 0.3) is 0 Å². The van der Waals surface area contributed by atoms with Gasteiger partial charge in [0.15, 0.2) is 0 Å². The maximum absolute atomic E-state index is 11.6. The SMILES string of the molecule is O=C(NCCCO)C1CC1c1ccco1. The zero-order valence-electron chi connectivity index (χ0n) is 8.48. The van der Waals surface area contributed by atoms with Crippen LogP contribution in [0.2, 0.25) is 0 Å². The maximum atomic E-state index is 11.6. The van der Waals surface area contributed by atoms with Crippen LogP contribution >= 0.6 is 0 Å². The Hall–Kier alpha value is -1.29. The minimum Gasteiger partial charge on any atom is -0.469 e. The topological polar surface area (TPSA) is 62.5 Å². The molecule has 1 aromatic heterocycles. The molecule has 15 heavy (non-hydrogen) atoms. The first-order valence-corrected chi connectivity index (χ1v) is 5.25. The summed E-state index contributed by atoms with van der Waals surface area (Å²) in [7, 11) is 0. The van der Waals surface area contributed by atoms with Crippen molar-refractivity contribution in [3.05, 3.63) is 24.2 Å². The van der Waals surface area contributed by atoms with Gasteiger partial charge in [-0.25, -0.2) is 0 Å². The molecule has 1 aliphatic rings. The molecule has 0 aliphatic heterocycles. The molecule has 2 N–H and O–H groups in total. The summed E-state index contributed by atoms with van der Waals surface area (Å²) in [6.07, 6.45) is 3.12. The molecule has 0 spiro atoms. The molecule has 1 fully saturated rings. The van der Waals surface area contributed by atoms with E-state index in [-0.39, 0.29) is 24.3 Å².